The van der Waals surface area contributed by atoms with Crippen molar-refractivity contribution in [3.63, 3.8) is 0 Å². The van der Waals surface area contributed by atoms with E-state index in [1.165, 1.54) is 11.8 Å². The molecule has 0 radical (unpaired) electrons. The van der Waals surface area contributed by atoms with E-state index in [-0.39, 0.29) is 5.41 Å². The van der Waals surface area contributed by atoms with Crippen LogP contribution in [0.15, 0.2) is 47.6 Å². The number of amides is 2. The molecule has 6 heteroatoms. The Balaban J connectivity index is 2.09. The lowest BCUT2D eigenvalue weighted by Crippen LogP contribution is -2.24. The van der Waals surface area contributed by atoms with Crippen molar-refractivity contribution in [1.82, 2.24) is 5.43 Å². The number of nitrogens with zero attached hydrogens (tertiary/aromatic N) is 1. The van der Waals surface area contributed by atoms with E-state index >= 15 is 0 Å². The van der Waals surface area contributed by atoms with E-state index in [4.69, 9.17) is 15.2 Å². The van der Waals surface area contributed by atoms with Crippen molar-refractivity contribution in [1.29, 1.82) is 0 Å². The highest BCUT2D eigenvalue weighted by atomic mass is 16.5. The molecule has 0 aromatic heterocycles. The van der Waals surface area contributed by atoms with Gasteiger partial charge in [-0.1, -0.05) is 32.9 Å². The number of urea groups is 1. The second kappa shape index (κ2) is 8.38. The molecular weight excluding hydrogens is 330 g/mol. The van der Waals surface area contributed by atoms with E-state index in [1.54, 1.807) is 7.11 Å². The lowest BCUT2D eigenvalue weighted by molar-refractivity contribution is 0.249. The number of hydrogen-bond acceptors (Lipinski definition) is 4. The first kappa shape index (κ1) is 19.3. The smallest absolute Gasteiger partial charge is 0.332 e. The van der Waals surface area contributed by atoms with Crippen LogP contribution in [-0.4, -0.2) is 19.4 Å². The molecule has 0 aliphatic heterocycles. The first-order chi connectivity index (χ1) is 12.3. The molecule has 0 aliphatic rings. The van der Waals surface area contributed by atoms with Gasteiger partial charge in [-0.05, 0) is 46.9 Å². The van der Waals surface area contributed by atoms with Gasteiger partial charge in [-0.15, -0.1) is 0 Å². The maximum atomic E-state index is 10.7. The first-order valence-electron chi connectivity index (χ1n) is 8.28. The number of ether oxygens (including phenoxy) is 2. The summed E-state index contributed by atoms with van der Waals surface area (Å²) in [6, 6.07) is 12.9. The van der Waals surface area contributed by atoms with Gasteiger partial charge in [0.2, 0.25) is 0 Å². The van der Waals surface area contributed by atoms with E-state index in [1.807, 2.05) is 30.3 Å². The Morgan fingerprint density at radius 1 is 1.19 bits per heavy atom. The third-order valence-corrected chi connectivity index (χ3v) is 3.81. The molecule has 0 saturated heterocycles. The van der Waals surface area contributed by atoms with E-state index in [0.717, 1.165) is 22.6 Å². The Morgan fingerprint density at radius 3 is 2.46 bits per heavy atom. The highest BCUT2D eigenvalue weighted by molar-refractivity contribution is 5.82. The molecule has 2 aromatic carbocycles. The van der Waals surface area contributed by atoms with Crippen LogP contribution in [0.2, 0.25) is 0 Å². The molecule has 2 aromatic rings. The number of hydrogen-bond donors (Lipinski definition) is 2. The Labute approximate surface area is 154 Å². The van der Waals surface area contributed by atoms with Gasteiger partial charge in [0.25, 0.3) is 0 Å². The number of primary amides is 1. The van der Waals surface area contributed by atoms with Crippen LogP contribution in [0.4, 0.5) is 4.79 Å². The minimum atomic E-state index is -0.711. The summed E-state index contributed by atoms with van der Waals surface area (Å²) in [6.07, 6.45) is 1.51. The first-order valence-corrected chi connectivity index (χ1v) is 8.28. The lowest BCUT2D eigenvalue weighted by Gasteiger charge is -2.19. The average Bonchev–Trinajstić information content (AvgIpc) is 2.59. The Bertz CT molecular complexity index is 778. The zero-order valence-electron chi connectivity index (χ0n) is 15.6. The van der Waals surface area contributed by atoms with Gasteiger partial charge < -0.3 is 15.2 Å². The molecule has 0 saturated carbocycles. The molecule has 0 atom stereocenters. The minimum absolute atomic E-state index is 0.106. The second-order valence-corrected chi connectivity index (χ2v) is 6.87. The van der Waals surface area contributed by atoms with Crippen molar-refractivity contribution in [3.05, 3.63) is 59.2 Å². The van der Waals surface area contributed by atoms with Crippen molar-refractivity contribution >= 4 is 12.2 Å². The standard InChI is InChI=1S/C20H25N3O3/c1-20(2,3)16-6-8-17(9-7-16)26-13-15-11-14(5-10-18(15)25-4)12-22-23-19(21)24/h5-12H,13H2,1-4H3,(H3,21,23,24). The fourth-order valence-electron chi connectivity index (χ4n) is 2.37. The van der Waals surface area contributed by atoms with E-state index < -0.39 is 6.03 Å². The van der Waals surface area contributed by atoms with Crippen LogP contribution in [0.5, 0.6) is 11.5 Å². The number of hydrazone groups is 1. The number of carbonyl (C=O) groups excluding carboxylic acids is 1. The van der Waals surface area contributed by atoms with E-state index in [2.05, 4.69) is 43.4 Å². The Hall–Kier alpha value is -3.02. The van der Waals surface area contributed by atoms with Gasteiger partial charge in [0, 0.05) is 5.56 Å². The quantitative estimate of drug-likeness (QED) is 0.613. The summed E-state index contributed by atoms with van der Waals surface area (Å²) in [5.74, 6) is 1.51. The number of nitrogens with one attached hydrogen (secondary N) is 1. The third-order valence-electron chi connectivity index (χ3n) is 3.81. The average molecular weight is 355 g/mol. The van der Waals surface area contributed by atoms with Crippen molar-refractivity contribution < 1.29 is 14.3 Å². The largest absolute Gasteiger partial charge is 0.496 e. The van der Waals surface area contributed by atoms with Gasteiger partial charge in [0.05, 0.1) is 13.3 Å². The molecule has 2 rings (SSSR count). The molecule has 0 bridgehead atoms. The summed E-state index contributed by atoms with van der Waals surface area (Å²) in [7, 11) is 1.61. The molecule has 0 spiro atoms. The van der Waals surface area contributed by atoms with Crippen molar-refractivity contribution in [3.8, 4) is 11.5 Å². The summed E-state index contributed by atoms with van der Waals surface area (Å²) >= 11 is 0. The zero-order chi connectivity index (χ0) is 19.2. The molecular formula is C20H25N3O3. The normalized spacial score (nSPS) is 11.4. The van der Waals surface area contributed by atoms with Gasteiger partial charge in [0.15, 0.2) is 0 Å². The number of carbonyl (C=O) groups is 1. The molecule has 3 N–H and O–H groups in total. The summed E-state index contributed by atoms with van der Waals surface area (Å²) in [5.41, 5.74) is 10.2. The zero-order valence-corrected chi connectivity index (χ0v) is 15.6. The highest BCUT2D eigenvalue weighted by Gasteiger charge is 2.13. The monoisotopic (exact) mass is 355 g/mol. The van der Waals surface area contributed by atoms with Crippen LogP contribution in [0, 0.1) is 0 Å². The summed E-state index contributed by atoms with van der Waals surface area (Å²) in [6.45, 7) is 6.87. The summed E-state index contributed by atoms with van der Waals surface area (Å²) in [5, 5.41) is 3.76. The topological polar surface area (TPSA) is 85.9 Å². The molecule has 138 valence electrons. The van der Waals surface area contributed by atoms with Crippen LogP contribution in [-0.2, 0) is 12.0 Å². The van der Waals surface area contributed by atoms with Gasteiger partial charge in [0.1, 0.15) is 18.1 Å². The van der Waals surface area contributed by atoms with Crippen LogP contribution < -0.4 is 20.6 Å². The lowest BCUT2D eigenvalue weighted by atomic mass is 9.87. The van der Waals surface area contributed by atoms with Crippen LogP contribution in [0.3, 0.4) is 0 Å². The second-order valence-electron chi connectivity index (χ2n) is 6.87. The number of nitrogens with two attached hydrogens (primary N) is 1. The van der Waals surface area contributed by atoms with Gasteiger partial charge in [-0.3, -0.25) is 0 Å². The van der Waals surface area contributed by atoms with Gasteiger partial charge in [-0.25, -0.2) is 10.2 Å². The molecule has 0 fully saturated rings. The molecule has 26 heavy (non-hydrogen) atoms. The SMILES string of the molecule is COc1ccc(C=NNC(N)=O)cc1COc1ccc(C(C)(C)C)cc1. The van der Waals surface area contributed by atoms with E-state index in [9.17, 15) is 4.79 Å². The number of rotatable bonds is 6. The van der Waals surface area contributed by atoms with E-state index in [0.29, 0.717) is 6.61 Å². The minimum Gasteiger partial charge on any atom is -0.496 e. The molecule has 0 unspecified atom stereocenters. The fourth-order valence-corrected chi connectivity index (χ4v) is 2.37. The predicted octanol–water partition coefficient (Wildman–Crippen LogP) is 3.57. The third kappa shape index (κ3) is 5.51. The maximum Gasteiger partial charge on any atom is 0.332 e. The van der Waals surface area contributed by atoms with Crippen LogP contribution in [0.25, 0.3) is 0 Å². The van der Waals surface area contributed by atoms with Crippen molar-refractivity contribution in [2.45, 2.75) is 32.8 Å². The van der Waals surface area contributed by atoms with Crippen molar-refractivity contribution in [2.24, 2.45) is 10.8 Å². The number of methoxy groups -OCH3 is 1. The summed E-state index contributed by atoms with van der Waals surface area (Å²) in [4.78, 5) is 10.7. The molecule has 0 aliphatic carbocycles. The molecule has 0 heterocycles. The highest BCUT2D eigenvalue weighted by Crippen LogP contribution is 2.26. The Kier molecular flexibility index (Phi) is 6.22. The van der Waals surface area contributed by atoms with Gasteiger partial charge >= 0.3 is 6.03 Å². The molecule has 6 nitrogen and oxygen atoms in total. The number of benzene rings is 2. The van der Waals surface area contributed by atoms with Gasteiger partial charge in [-0.2, -0.15) is 5.10 Å². The van der Waals surface area contributed by atoms with Crippen LogP contribution >= 0.6 is 0 Å². The summed E-state index contributed by atoms with van der Waals surface area (Å²) < 4.78 is 11.3. The fraction of sp³-hybridized carbons (Fsp3) is 0.300. The maximum absolute atomic E-state index is 10.7. The Morgan fingerprint density at radius 2 is 1.88 bits per heavy atom. The molecule has 2 amide bonds. The van der Waals surface area contributed by atoms with Crippen LogP contribution in [0.1, 0.15) is 37.5 Å². The predicted molar refractivity (Wildman–Crippen MR) is 103 cm³/mol. The van der Waals surface area contributed by atoms with Crippen molar-refractivity contribution in [2.75, 3.05) is 7.11 Å².